The minimum Gasteiger partial charge on any atom is -0.464 e. The molecule has 0 spiro atoms. The summed E-state index contributed by atoms with van der Waals surface area (Å²) in [5.41, 5.74) is 0. The number of ether oxygens (including phenoxy) is 4. The predicted molar refractivity (Wildman–Crippen MR) is 445 cm³/mol. The van der Waals surface area contributed by atoms with E-state index in [1.54, 1.807) is 0 Å². The number of hydrogen-bond donors (Lipinski definition) is 2. The summed E-state index contributed by atoms with van der Waals surface area (Å²) in [6, 6.07) is -1.27. The molecule has 1 aliphatic rings. The van der Waals surface area contributed by atoms with Crippen molar-refractivity contribution in [3.63, 3.8) is 0 Å². The van der Waals surface area contributed by atoms with Gasteiger partial charge in [0.05, 0.1) is 0 Å². The second-order valence-electron chi connectivity index (χ2n) is 28.1. The molecule has 0 aromatic carbocycles. The van der Waals surface area contributed by atoms with E-state index < -0.39 is 12.1 Å². The molecule has 1 aliphatic heterocycles. The van der Waals surface area contributed by atoms with Crippen LogP contribution in [-0.2, 0) is 47.7 Å². The summed E-state index contributed by atoms with van der Waals surface area (Å²) < 4.78 is 22.8. The van der Waals surface area contributed by atoms with E-state index in [4.69, 9.17) is 18.9 Å². The fourth-order valence-electron chi connectivity index (χ4n) is 12.1. The van der Waals surface area contributed by atoms with Crippen LogP contribution in [-0.4, -0.2) is 123 Å². The number of allylic oxidation sites excluding steroid dienone is 24. The van der Waals surface area contributed by atoms with Gasteiger partial charge in [0.25, 0.3) is 0 Å². The number of rotatable bonds is 74. The molecule has 2 amide bonds. The van der Waals surface area contributed by atoms with Gasteiger partial charge in [-0.15, -0.1) is 0 Å². The zero-order valence-electron chi connectivity index (χ0n) is 67.6. The van der Waals surface area contributed by atoms with E-state index in [-0.39, 0.29) is 62.1 Å². The Balaban J connectivity index is 2.69. The summed E-state index contributed by atoms with van der Waals surface area (Å²) in [7, 11) is 0. The molecular weight excluding hydrogens is 1320 g/mol. The van der Waals surface area contributed by atoms with Crippen molar-refractivity contribution in [1.29, 1.82) is 0 Å². The molecule has 0 radical (unpaired) electrons. The van der Waals surface area contributed by atoms with Crippen LogP contribution in [0.15, 0.2) is 146 Å². The zero-order valence-corrected chi connectivity index (χ0v) is 67.6. The first-order chi connectivity index (χ1) is 52.1. The quantitative estimate of drug-likeness (QED) is 0.0256. The lowest BCUT2D eigenvalue weighted by atomic mass is 10.0. The van der Waals surface area contributed by atoms with Crippen molar-refractivity contribution in [1.82, 2.24) is 20.4 Å². The summed E-state index contributed by atoms with van der Waals surface area (Å²) in [5, 5.41) is 5.99. The van der Waals surface area contributed by atoms with Gasteiger partial charge in [0, 0.05) is 51.9 Å². The minimum absolute atomic E-state index is 0.188. The summed E-state index contributed by atoms with van der Waals surface area (Å²) in [6.07, 6.45) is 95.9. The summed E-state index contributed by atoms with van der Waals surface area (Å²) >= 11 is 0. The highest BCUT2D eigenvalue weighted by atomic mass is 16.5. The number of nitrogens with zero attached hydrogens (tertiary/aromatic N) is 2. The molecule has 2 unspecified atom stereocenters. The highest BCUT2D eigenvalue weighted by Crippen LogP contribution is 2.16. The monoisotopic (exact) mass is 1470 g/mol. The first-order valence-corrected chi connectivity index (χ1v) is 42.6. The number of hydrogen-bond acceptors (Lipinski definition) is 12. The van der Waals surface area contributed by atoms with Crippen molar-refractivity contribution in [3.05, 3.63) is 146 Å². The number of esters is 4. The Kier molecular flexibility index (Phi) is 72.0. The van der Waals surface area contributed by atoms with Crippen LogP contribution in [0.25, 0.3) is 0 Å². The van der Waals surface area contributed by atoms with Crippen molar-refractivity contribution in [2.75, 3.05) is 65.7 Å². The predicted octanol–water partition coefficient (Wildman–Crippen LogP) is 22.4. The fourth-order valence-corrected chi connectivity index (χ4v) is 12.1. The van der Waals surface area contributed by atoms with Crippen LogP contribution in [0.4, 0.5) is 0 Å². The van der Waals surface area contributed by atoms with Gasteiger partial charge in [0.1, 0.15) is 38.5 Å². The zero-order chi connectivity index (χ0) is 76.6. The van der Waals surface area contributed by atoms with E-state index in [1.165, 1.54) is 0 Å². The summed E-state index contributed by atoms with van der Waals surface area (Å²) in [6.45, 7) is 12.9. The lowest BCUT2D eigenvalue weighted by molar-refractivity contribution is -0.146. The molecule has 2 N–H and O–H groups in total. The highest BCUT2D eigenvalue weighted by Gasteiger charge is 2.33. The van der Waals surface area contributed by atoms with Gasteiger partial charge in [-0.25, -0.2) is 0 Å². The topological polar surface area (TPSA) is 170 Å². The van der Waals surface area contributed by atoms with E-state index in [0.29, 0.717) is 90.6 Å². The molecule has 600 valence electrons. The van der Waals surface area contributed by atoms with Gasteiger partial charge in [0.15, 0.2) is 0 Å². The second kappa shape index (κ2) is 78.2. The molecule has 0 bridgehead atoms. The lowest BCUT2D eigenvalue weighted by Gasteiger charge is -2.30. The third-order valence-corrected chi connectivity index (χ3v) is 18.5. The first-order valence-electron chi connectivity index (χ1n) is 42.6. The number of unbranched alkanes of at least 4 members (excludes halogenated alkanes) is 22. The first kappa shape index (κ1) is 97.6. The smallest absolute Gasteiger partial charge is 0.305 e. The van der Waals surface area contributed by atoms with Crippen molar-refractivity contribution in [3.8, 4) is 0 Å². The highest BCUT2D eigenvalue weighted by molar-refractivity contribution is 5.96. The minimum atomic E-state index is -0.637. The molecule has 1 rings (SSSR count). The number of piperazine rings is 1. The molecule has 1 fully saturated rings. The maximum absolute atomic E-state index is 13.5. The molecule has 0 aromatic heterocycles. The number of carbonyl (C=O) groups is 6. The molecule has 106 heavy (non-hydrogen) atoms. The largest absolute Gasteiger partial charge is 0.464 e. The molecule has 0 aliphatic carbocycles. The van der Waals surface area contributed by atoms with Crippen molar-refractivity contribution >= 4 is 35.7 Å². The van der Waals surface area contributed by atoms with Gasteiger partial charge in [-0.3, -0.25) is 38.6 Å². The van der Waals surface area contributed by atoms with Crippen LogP contribution in [0.2, 0.25) is 0 Å². The van der Waals surface area contributed by atoms with Gasteiger partial charge in [-0.2, -0.15) is 0 Å². The maximum atomic E-state index is 13.5. The van der Waals surface area contributed by atoms with E-state index in [2.05, 4.69) is 194 Å². The van der Waals surface area contributed by atoms with Gasteiger partial charge in [-0.05, 0) is 206 Å². The van der Waals surface area contributed by atoms with Crippen molar-refractivity contribution in [2.24, 2.45) is 0 Å². The molecule has 14 heteroatoms. The molecule has 1 heterocycles. The number of carbonyl (C=O) groups excluding carboxylic acids is 6. The Hall–Kier alpha value is -6.38. The fraction of sp³-hybridized carbons (Fsp3) is 0.674. The van der Waals surface area contributed by atoms with Crippen LogP contribution in [0.5, 0.6) is 0 Å². The maximum Gasteiger partial charge on any atom is 0.305 e. The van der Waals surface area contributed by atoms with E-state index in [9.17, 15) is 28.8 Å². The third kappa shape index (κ3) is 68.2. The Labute approximate surface area is 647 Å². The van der Waals surface area contributed by atoms with Gasteiger partial charge in [-0.1, -0.05) is 251 Å². The van der Waals surface area contributed by atoms with Crippen LogP contribution >= 0.6 is 0 Å². The van der Waals surface area contributed by atoms with Crippen LogP contribution in [0.3, 0.4) is 0 Å². The lowest BCUT2D eigenvalue weighted by Crippen LogP contribution is -2.61. The standard InChI is InChI=1S/C92H152N4O10/c1-5-9-13-17-21-25-29-33-37-41-45-49-53-57-61-71-87(97)103-81-77-95(78-82-104-88(98)72-62-58-54-50-46-42-38-34-30-26-22-18-14-10-6-2)75-67-65-69-85-91(101)94-86(92(102)93-85)70-66-68-76-96(79-83-105-89(99)73-63-59-55-51-47-43-39-35-31-27-23-19-15-11-7-3)80-84-106-90(100)74-64-60-56-52-48-44-40-36-32-28-24-20-16-12-8-4/h9-16,21-28,33-40,85-86H,5-8,17-20,29-32,41-84H2,1-4H3,(H,93,102)(H,94,101)/b13-9-,14-10-,15-11-,16-12-,25-21-,26-22-,27-23-,28-24-,37-33-,38-34-,39-35-,40-36-. The molecule has 0 saturated carbocycles. The molecule has 1 saturated heterocycles. The van der Waals surface area contributed by atoms with Gasteiger partial charge < -0.3 is 29.6 Å². The summed E-state index contributed by atoms with van der Waals surface area (Å²) in [5.74, 6) is -1.15. The Bertz CT molecular complexity index is 2210. The van der Waals surface area contributed by atoms with Crippen LogP contribution in [0.1, 0.15) is 323 Å². The average molecular weight is 1470 g/mol. The van der Waals surface area contributed by atoms with Gasteiger partial charge in [0.2, 0.25) is 11.8 Å². The average Bonchev–Trinajstić information content (AvgIpc) is 0.850. The van der Waals surface area contributed by atoms with Gasteiger partial charge >= 0.3 is 23.9 Å². The normalized spacial score (nSPS) is 14.7. The number of amides is 2. The Morgan fingerprint density at radius 1 is 0.264 bits per heavy atom. The van der Waals surface area contributed by atoms with Crippen molar-refractivity contribution < 1.29 is 47.7 Å². The van der Waals surface area contributed by atoms with E-state index >= 15 is 0 Å². The molecular formula is C92H152N4O10. The van der Waals surface area contributed by atoms with E-state index in [0.717, 1.165) is 244 Å². The van der Waals surface area contributed by atoms with Crippen LogP contribution in [0, 0.1) is 0 Å². The third-order valence-electron chi connectivity index (χ3n) is 18.5. The second-order valence-corrected chi connectivity index (χ2v) is 28.1. The summed E-state index contributed by atoms with van der Waals surface area (Å²) in [4.78, 5) is 82.5. The molecule has 14 nitrogen and oxygen atoms in total. The Morgan fingerprint density at radius 3 is 0.708 bits per heavy atom. The number of nitrogens with one attached hydrogen (secondary N) is 2. The SMILES string of the molecule is CC/C=C\C/C=C\C/C=C\CCCCCCCC(=O)OCCN(CCCCC1NC(=O)C(CCCCN(CCOC(=O)CCCCCCC/C=C\C/C=C\C/C=C\CC)CCOC(=O)CCCCCCC/C=C\C/C=C\C/C=C\CC)NC1=O)CCOC(=O)CCCCCCC/C=C\C/C=C\C/C=C\CC. The van der Waals surface area contributed by atoms with Crippen LogP contribution < -0.4 is 10.6 Å². The van der Waals surface area contributed by atoms with Crippen molar-refractivity contribution in [2.45, 2.75) is 335 Å². The molecule has 2 atom stereocenters. The Morgan fingerprint density at radius 2 is 0.472 bits per heavy atom. The van der Waals surface area contributed by atoms with E-state index in [1.807, 2.05) is 0 Å². The molecule has 0 aromatic rings.